The summed E-state index contributed by atoms with van der Waals surface area (Å²) < 4.78 is 0. The lowest BCUT2D eigenvalue weighted by Crippen LogP contribution is -2.10. The second kappa shape index (κ2) is 8.56. The third kappa shape index (κ3) is 4.19. The van der Waals surface area contributed by atoms with Gasteiger partial charge in [0.25, 0.3) is 5.69 Å². The molecule has 0 unspecified atom stereocenters. The lowest BCUT2D eigenvalue weighted by molar-refractivity contribution is -0.384. The first-order valence-corrected chi connectivity index (χ1v) is 9.59. The Labute approximate surface area is 172 Å². The Morgan fingerprint density at radius 3 is 2.57 bits per heavy atom. The maximum absolute atomic E-state index is 10.8. The van der Waals surface area contributed by atoms with Crippen LogP contribution in [0.5, 0.6) is 0 Å². The molecule has 0 radical (unpaired) electrons. The van der Waals surface area contributed by atoms with Gasteiger partial charge in [0.1, 0.15) is 17.5 Å². The van der Waals surface area contributed by atoms with Crippen LogP contribution >= 0.6 is 0 Å². The molecule has 152 valence electrons. The topological polar surface area (TPSA) is 122 Å². The predicted molar refractivity (Wildman–Crippen MR) is 115 cm³/mol. The maximum atomic E-state index is 10.8. The number of benzene rings is 2. The van der Waals surface area contributed by atoms with Crippen LogP contribution in [0, 0.1) is 10.1 Å². The number of rotatable bonds is 8. The van der Waals surface area contributed by atoms with Gasteiger partial charge in [0, 0.05) is 24.7 Å². The molecule has 0 amide bonds. The smallest absolute Gasteiger partial charge is 0.269 e. The third-order valence-electron chi connectivity index (χ3n) is 4.86. The second-order valence-corrected chi connectivity index (χ2v) is 6.90. The highest BCUT2D eigenvalue weighted by molar-refractivity contribution is 5.96. The van der Waals surface area contributed by atoms with Crippen molar-refractivity contribution in [1.29, 1.82) is 0 Å². The Balaban J connectivity index is 1.47. The van der Waals surface area contributed by atoms with Crippen molar-refractivity contribution in [2.24, 2.45) is 0 Å². The van der Waals surface area contributed by atoms with Crippen LogP contribution in [0.3, 0.4) is 0 Å². The average Bonchev–Trinajstić information content (AvgIpc) is 3.19. The van der Waals surface area contributed by atoms with Crippen molar-refractivity contribution in [2.45, 2.75) is 19.4 Å². The molecule has 0 aliphatic rings. The van der Waals surface area contributed by atoms with E-state index < -0.39 is 4.92 Å². The first-order valence-electron chi connectivity index (χ1n) is 9.59. The molecule has 0 fully saturated rings. The number of nitro benzene ring substituents is 1. The van der Waals surface area contributed by atoms with E-state index in [2.05, 4.69) is 49.9 Å². The van der Waals surface area contributed by atoms with E-state index in [1.165, 1.54) is 18.5 Å². The van der Waals surface area contributed by atoms with Crippen molar-refractivity contribution in [3.05, 3.63) is 82.2 Å². The SMILES string of the molecule is C[C@H](Nc1ncnc2[nH]nc(NCCc3ccc([N+](=O)[O-])cc3)c12)c1ccccc1. The highest BCUT2D eigenvalue weighted by atomic mass is 16.6. The van der Waals surface area contributed by atoms with E-state index in [-0.39, 0.29) is 11.7 Å². The first kappa shape index (κ1) is 19.3. The number of non-ortho nitro benzene ring substituents is 1. The maximum Gasteiger partial charge on any atom is 0.269 e. The number of hydrogen-bond acceptors (Lipinski definition) is 7. The summed E-state index contributed by atoms with van der Waals surface area (Å²) in [5.41, 5.74) is 2.89. The molecule has 0 aliphatic heterocycles. The van der Waals surface area contributed by atoms with Crippen LogP contribution in [-0.2, 0) is 6.42 Å². The van der Waals surface area contributed by atoms with Crippen molar-refractivity contribution < 1.29 is 4.92 Å². The predicted octanol–water partition coefficient (Wildman–Crippen LogP) is 4.09. The summed E-state index contributed by atoms with van der Waals surface area (Å²) >= 11 is 0. The lowest BCUT2D eigenvalue weighted by Gasteiger charge is -2.15. The van der Waals surface area contributed by atoms with Gasteiger partial charge in [-0.25, -0.2) is 9.97 Å². The van der Waals surface area contributed by atoms with Crippen LogP contribution < -0.4 is 10.6 Å². The Bertz CT molecular complexity index is 1140. The van der Waals surface area contributed by atoms with Crippen LogP contribution in [0.25, 0.3) is 11.0 Å². The summed E-state index contributed by atoms with van der Waals surface area (Å²) in [6, 6.07) is 16.7. The lowest BCUT2D eigenvalue weighted by atomic mass is 10.1. The van der Waals surface area contributed by atoms with Gasteiger partial charge in [-0.1, -0.05) is 42.5 Å². The third-order valence-corrected chi connectivity index (χ3v) is 4.86. The van der Waals surface area contributed by atoms with Crippen LogP contribution in [0.2, 0.25) is 0 Å². The Kier molecular flexibility index (Phi) is 5.51. The zero-order valence-corrected chi connectivity index (χ0v) is 16.4. The fourth-order valence-electron chi connectivity index (χ4n) is 3.24. The molecule has 0 aliphatic carbocycles. The molecule has 2 aromatic heterocycles. The molecule has 2 heterocycles. The van der Waals surface area contributed by atoms with E-state index in [0.29, 0.717) is 30.2 Å². The number of nitrogens with zero attached hydrogens (tertiary/aromatic N) is 4. The number of H-pyrrole nitrogens is 1. The minimum Gasteiger partial charge on any atom is -0.368 e. The number of anilines is 2. The molecule has 1 atom stereocenters. The van der Waals surface area contributed by atoms with Crippen LogP contribution in [0.1, 0.15) is 24.1 Å². The number of fused-ring (bicyclic) bond motifs is 1. The van der Waals surface area contributed by atoms with Crippen LogP contribution in [0.15, 0.2) is 60.9 Å². The average molecular weight is 403 g/mol. The van der Waals surface area contributed by atoms with Gasteiger partial charge in [-0.15, -0.1) is 0 Å². The summed E-state index contributed by atoms with van der Waals surface area (Å²) in [4.78, 5) is 19.0. The first-order chi connectivity index (χ1) is 14.6. The highest BCUT2D eigenvalue weighted by Crippen LogP contribution is 2.28. The minimum atomic E-state index is -0.400. The van der Waals surface area contributed by atoms with E-state index >= 15 is 0 Å². The van der Waals surface area contributed by atoms with Crippen molar-refractivity contribution >= 4 is 28.4 Å². The zero-order valence-electron chi connectivity index (χ0n) is 16.4. The molecule has 0 spiro atoms. The molecule has 2 aromatic carbocycles. The largest absolute Gasteiger partial charge is 0.368 e. The van der Waals surface area contributed by atoms with E-state index in [9.17, 15) is 10.1 Å². The van der Waals surface area contributed by atoms with Crippen molar-refractivity contribution in [2.75, 3.05) is 17.2 Å². The molecule has 0 bridgehead atoms. The van der Waals surface area contributed by atoms with Gasteiger partial charge in [0.2, 0.25) is 0 Å². The van der Waals surface area contributed by atoms with Crippen molar-refractivity contribution in [3.63, 3.8) is 0 Å². The molecule has 0 saturated heterocycles. The normalized spacial score (nSPS) is 11.9. The zero-order chi connectivity index (χ0) is 20.9. The fourth-order valence-corrected chi connectivity index (χ4v) is 3.24. The van der Waals surface area contributed by atoms with Gasteiger partial charge in [0.05, 0.1) is 4.92 Å². The van der Waals surface area contributed by atoms with Gasteiger partial charge in [-0.2, -0.15) is 5.10 Å². The van der Waals surface area contributed by atoms with Gasteiger partial charge in [0.15, 0.2) is 11.5 Å². The molecule has 3 N–H and O–H groups in total. The Morgan fingerprint density at radius 2 is 1.83 bits per heavy atom. The van der Waals surface area contributed by atoms with E-state index in [0.717, 1.165) is 16.5 Å². The molecule has 9 nitrogen and oxygen atoms in total. The van der Waals surface area contributed by atoms with Crippen molar-refractivity contribution in [1.82, 2.24) is 20.2 Å². The van der Waals surface area contributed by atoms with Crippen LogP contribution in [-0.4, -0.2) is 31.6 Å². The van der Waals surface area contributed by atoms with E-state index in [4.69, 9.17) is 0 Å². The summed E-state index contributed by atoms with van der Waals surface area (Å²) in [6.45, 7) is 2.69. The summed E-state index contributed by atoms with van der Waals surface area (Å²) in [5.74, 6) is 1.36. The number of nitrogens with one attached hydrogen (secondary N) is 3. The quantitative estimate of drug-likeness (QED) is 0.299. The fraction of sp³-hybridized carbons (Fsp3) is 0.190. The van der Waals surface area contributed by atoms with Gasteiger partial charge in [-0.05, 0) is 24.5 Å². The monoisotopic (exact) mass is 403 g/mol. The van der Waals surface area contributed by atoms with Crippen LogP contribution in [0.4, 0.5) is 17.3 Å². The molecule has 4 rings (SSSR count). The summed E-state index contributed by atoms with van der Waals surface area (Å²) in [5, 5.41) is 25.6. The number of aromatic nitrogens is 4. The van der Waals surface area contributed by atoms with E-state index in [1.807, 2.05) is 18.2 Å². The molecule has 30 heavy (non-hydrogen) atoms. The molecule has 4 aromatic rings. The highest BCUT2D eigenvalue weighted by Gasteiger charge is 2.15. The number of hydrogen-bond donors (Lipinski definition) is 3. The molecule has 9 heteroatoms. The number of nitro groups is 1. The van der Waals surface area contributed by atoms with Gasteiger partial charge in [-0.3, -0.25) is 15.2 Å². The van der Waals surface area contributed by atoms with E-state index in [1.54, 1.807) is 12.1 Å². The second-order valence-electron chi connectivity index (χ2n) is 6.90. The summed E-state index contributed by atoms with van der Waals surface area (Å²) in [7, 11) is 0. The van der Waals surface area contributed by atoms with Crippen molar-refractivity contribution in [3.8, 4) is 0 Å². The molecular weight excluding hydrogens is 382 g/mol. The minimum absolute atomic E-state index is 0.0622. The molecular formula is C21H21N7O2. The number of aromatic amines is 1. The Morgan fingerprint density at radius 1 is 1.07 bits per heavy atom. The van der Waals surface area contributed by atoms with Gasteiger partial charge >= 0.3 is 0 Å². The van der Waals surface area contributed by atoms with Gasteiger partial charge < -0.3 is 10.6 Å². The summed E-state index contributed by atoms with van der Waals surface area (Å²) in [6.07, 6.45) is 2.20. The Hall–Kier alpha value is -4.01. The molecule has 0 saturated carbocycles. The standard InChI is InChI=1S/C21H21N7O2/c1-14(16-5-3-2-4-6-16)25-19-18-20(26-27-21(18)24-13-23-19)22-12-11-15-7-9-17(10-8-15)28(29)30/h2-10,13-14H,11-12H2,1H3,(H3,22,23,24,25,26,27)/t14-/m0/s1.